The van der Waals surface area contributed by atoms with Gasteiger partial charge in [-0.1, -0.05) is 12.1 Å². The first-order valence-corrected chi connectivity index (χ1v) is 7.74. The van der Waals surface area contributed by atoms with Gasteiger partial charge in [0.2, 0.25) is 0 Å². The van der Waals surface area contributed by atoms with Crippen molar-refractivity contribution >= 4 is 0 Å². The largest absolute Gasteiger partial charge is 0.486 e. The van der Waals surface area contributed by atoms with Crippen LogP contribution in [0.1, 0.15) is 24.8 Å². The average Bonchev–Trinajstić information content (AvgIpc) is 3.00. The van der Waals surface area contributed by atoms with Gasteiger partial charge in [-0.25, -0.2) is 0 Å². The highest BCUT2D eigenvalue weighted by molar-refractivity contribution is 5.47. The summed E-state index contributed by atoms with van der Waals surface area (Å²) in [7, 11) is 0. The minimum Gasteiger partial charge on any atom is -0.486 e. The molecule has 1 aromatic carbocycles. The number of nitrogens with one attached hydrogen (secondary N) is 1. The zero-order valence-electron chi connectivity index (χ0n) is 12.1. The molecular weight excluding hydrogens is 252 g/mol. The van der Waals surface area contributed by atoms with Crippen molar-refractivity contribution in [2.75, 3.05) is 39.4 Å². The molecule has 3 rings (SSSR count). The lowest BCUT2D eigenvalue weighted by atomic mass is 10.1. The Bertz CT molecular complexity index is 430. The van der Waals surface area contributed by atoms with Crippen molar-refractivity contribution in [3.8, 4) is 11.5 Å². The second-order valence-electron chi connectivity index (χ2n) is 5.52. The molecule has 0 aromatic heterocycles. The lowest BCUT2D eigenvalue weighted by Crippen LogP contribution is -2.25. The van der Waals surface area contributed by atoms with Gasteiger partial charge in [0.25, 0.3) is 0 Å². The molecule has 1 aromatic rings. The molecule has 4 heteroatoms. The molecule has 0 saturated carbocycles. The van der Waals surface area contributed by atoms with Crippen LogP contribution >= 0.6 is 0 Å². The lowest BCUT2D eigenvalue weighted by molar-refractivity contribution is 0.169. The molecule has 0 spiro atoms. The first kappa shape index (κ1) is 13.7. The number of fused-ring (bicyclic) bond motifs is 1. The maximum Gasteiger partial charge on any atom is 0.165 e. The molecule has 0 bridgehead atoms. The monoisotopic (exact) mass is 276 g/mol. The highest BCUT2D eigenvalue weighted by Gasteiger charge is 2.15. The van der Waals surface area contributed by atoms with E-state index in [1.54, 1.807) is 0 Å². The zero-order valence-corrected chi connectivity index (χ0v) is 12.1. The van der Waals surface area contributed by atoms with Gasteiger partial charge in [0.15, 0.2) is 11.5 Å². The summed E-state index contributed by atoms with van der Waals surface area (Å²) in [4.78, 5) is 2.56. The molecule has 0 atom stereocenters. The van der Waals surface area contributed by atoms with Gasteiger partial charge >= 0.3 is 0 Å². The second-order valence-corrected chi connectivity index (χ2v) is 5.52. The number of benzene rings is 1. The highest BCUT2D eigenvalue weighted by Crippen LogP contribution is 2.33. The van der Waals surface area contributed by atoms with Crippen LogP contribution in [0.2, 0.25) is 0 Å². The summed E-state index contributed by atoms with van der Waals surface area (Å²) in [5, 5.41) is 3.51. The first-order chi connectivity index (χ1) is 9.93. The van der Waals surface area contributed by atoms with Crippen molar-refractivity contribution in [2.45, 2.75) is 25.8 Å². The lowest BCUT2D eigenvalue weighted by Gasteiger charge is -2.21. The molecule has 1 fully saturated rings. The fraction of sp³-hybridized carbons (Fsp3) is 0.625. The standard InChI is InChI=1S/C16H24N2O2/c1-2-9-18(8-1)10-4-7-17-13-14-5-3-6-15-16(14)20-12-11-19-15/h3,5-6,17H,1-2,4,7-13H2. The Hall–Kier alpha value is -1.26. The smallest absolute Gasteiger partial charge is 0.165 e. The van der Waals surface area contributed by atoms with E-state index in [-0.39, 0.29) is 0 Å². The Balaban J connectivity index is 1.42. The summed E-state index contributed by atoms with van der Waals surface area (Å²) >= 11 is 0. The third-order valence-electron chi connectivity index (χ3n) is 3.99. The molecule has 2 heterocycles. The van der Waals surface area contributed by atoms with Gasteiger partial charge < -0.3 is 19.7 Å². The molecule has 0 aliphatic carbocycles. The van der Waals surface area contributed by atoms with E-state index in [0.717, 1.165) is 24.6 Å². The summed E-state index contributed by atoms with van der Waals surface area (Å²) in [6, 6.07) is 6.13. The zero-order chi connectivity index (χ0) is 13.6. The van der Waals surface area contributed by atoms with E-state index in [4.69, 9.17) is 9.47 Å². The van der Waals surface area contributed by atoms with E-state index in [9.17, 15) is 0 Å². The van der Waals surface area contributed by atoms with Crippen molar-refractivity contribution in [2.24, 2.45) is 0 Å². The highest BCUT2D eigenvalue weighted by atomic mass is 16.6. The second kappa shape index (κ2) is 6.95. The topological polar surface area (TPSA) is 33.7 Å². The van der Waals surface area contributed by atoms with E-state index in [1.807, 2.05) is 12.1 Å². The van der Waals surface area contributed by atoms with Crippen molar-refractivity contribution < 1.29 is 9.47 Å². The molecule has 4 nitrogen and oxygen atoms in total. The number of likely N-dealkylation sites (tertiary alicyclic amines) is 1. The van der Waals surface area contributed by atoms with Crippen molar-refractivity contribution in [3.63, 3.8) is 0 Å². The summed E-state index contributed by atoms with van der Waals surface area (Å²) in [6.45, 7) is 7.01. The summed E-state index contributed by atoms with van der Waals surface area (Å²) < 4.78 is 11.3. The third-order valence-corrected chi connectivity index (χ3v) is 3.99. The van der Waals surface area contributed by atoms with Gasteiger partial charge in [0.05, 0.1) is 0 Å². The van der Waals surface area contributed by atoms with Gasteiger partial charge in [-0.2, -0.15) is 0 Å². The van der Waals surface area contributed by atoms with Crippen LogP contribution in [0.25, 0.3) is 0 Å². The molecule has 0 amide bonds. The number of para-hydroxylation sites is 1. The molecule has 0 unspecified atom stereocenters. The van der Waals surface area contributed by atoms with Crippen LogP contribution in [0.5, 0.6) is 11.5 Å². The average molecular weight is 276 g/mol. The van der Waals surface area contributed by atoms with Gasteiger partial charge in [0, 0.05) is 12.1 Å². The molecule has 0 radical (unpaired) electrons. The van der Waals surface area contributed by atoms with Gasteiger partial charge in [0.1, 0.15) is 13.2 Å². The van der Waals surface area contributed by atoms with Crippen LogP contribution in [0.3, 0.4) is 0 Å². The van der Waals surface area contributed by atoms with Crippen molar-refractivity contribution in [1.82, 2.24) is 10.2 Å². The normalized spacial score (nSPS) is 18.4. The Morgan fingerprint density at radius 2 is 1.95 bits per heavy atom. The molecule has 1 saturated heterocycles. The predicted molar refractivity (Wildman–Crippen MR) is 79.4 cm³/mol. The maximum absolute atomic E-state index is 5.72. The van der Waals surface area contributed by atoms with Crippen LogP contribution in [-0.4, -0.2) is 44.3 Å². The number of nitrogens with zero attached hydrogens (tertiary/aromatic N) is 1. The maximum atomic E-state index is 5.72. The number of ether oxygens (including phenoxy) is 2. The van der Waals surface area contributed by atoms with Crippen LogP contribution < -0.4 is 14.8 Å². The summed E-state index contributed by atoms with van der Waals surface area (Å²) in [5.74, 6) is 1.80. The van der Waals surface area contributed by atoms with E-state index in [1.165, 1.54) is 44.5 Å². The molecule has 1 N–H and O–H groups in total. The summed E-state index contributed by atoms with van der Waals surface area (Å²) in [6.07, 6.45) is 3.97. The van der Waals surface area contributed by atoms with E-state index >= 15 is 0 Å². The molecule has 110 valence electrons. The van der Waals surface area contributed by atoms with Crippen molar-refractivity contribution in [1.29, 1.82) is 0 Å². The molecule has 20 heavy (non-hydrogen) atoms. The Morgan fingerprint density at radius 1 is 1.10 bits per heavy atom. The van der Waals surface area contributed by atoms with Crippen LogP contribution in [0, 0.1) is 0 Å². The van der Waals surface area contributed by atoms with Crippen molar-refractivity contribution in [3.05, 3.63) is 23.8 Å². The number of rotatable bonds is 6. The van der Waals surface area contributed by atoms with Gasteiger partial charge in [-0.3, -0.25) is 0 Å². The number of hydrogen-bond acceptors (Lipinski definition) is 4. The van der Waals surface area contributed by atoms with Gasteiger partial charge in [-0.05, 0) is 51.5 Å². The van der Waals surface area contributed by atoms with Crippen LogP contribution in [0.15, 0.2) is 18.2 Å². The third kappa shape index (κ3) is 3.44. The molecular formula is C16H24N2O2. The Kier molecular flexibility index (Phi) is 4.77. The van der Waals surface area contributed by atoms with E-state index in [0.29, 0.717) is 13.2 Å². The van der Waals surface area contributed by atoms with E-state index in [2.05, 4.69) is 16.3 Å². The summed E-state index contributed by atoms with van der Waals surface area (Å²) in [5.41, 5.74) is 1.20. The number of hydrogen-bond donors (Lipinski definition) is 1. The minimum atomic E-state index is 0.652. The SMILES string of the molecule is c1cc(CNCCCN2CCCC2)c2c(c1)OCCO2. The quantitative estimate of drug-likeness (QED) is 0.806. The van der Waals surface area contributed by atoms with Crippen LogP contribution in [-0.2, 0) is 6.54 Å². The fourth-order valence-corrected chi connectivity index (χ4v) is 2.93. The Morgan fingerprint density at radius 3 is 2.85 bits per heavy atom. The fourth-order valence-electron chi connectivity index (χ4n) is 2.93. The minimum absolute atomic E-state index is 0.652. The molecule has 2 aliphatic rings. The molecule has 2 aliphatic heterocycles. The first-order valence-electron chi connectivity index (χ1n) is 7.74. The Labute approximate surface area is 121 Å². The van der Waals surface area contributed by atoms with E-state index < -0.39 is 0 Å². The van der Waals surface area contributed by atoms with Crippen LogP contribution in [0.4, 0.5) is 0 Å². The predicted octanol–water partition coefficient (Wildman–Crippen LogP) is 2.03. The van der Waals surface area contributed by atoms with Gasteiger partial charge in [-0.15, -0.1) is 0 Å².